The number of halogens is 1. The summed E-state index contributed by atoms with van der Waals surface area (Å²) in [7, 11) is 1.97. The summed E-state index contributed by atoms with van der Waals surface area (Å²) < 4.78 is 1.90. The van der Waals surface area contributed by atoms with Crippen molar-refractivity contribution in [3.63, 3.8) is 0 Å². The highest BCUT2D eigenvalue weighted by atomic mass is 35.5. The molecule has 1 unspecified atom stereocenters. The van der Waals surface area contributed by atoms with Gasteiger partial charge in [0.1, 0.15) is 0 Å². The van der Waals surface area contributed by atoms with E-state index in [0.717, 1.165) is 30.1 Å². The number of aryl methyl sites for hydroxylation is 1. The van der Waals surface area contributed by atoms with Gasteiger partial charge in [-0.05, 0) is 19.4 Å². The van der Waals surface area contributed by atoms with Gasteiger partial charge in [-0.2, -0.15) is 5.10 Å². The molecule has 1 N–H and O–H groups in total. The molecule has 110 valence electrons. The van der Waals surface area contributed by atoms with Gasteiger partial charge in [-0.1, -0.05) is 57.6 Å². The summed E-state index contributed by atoms with van der Waals surface area (Å²) in [6.45, 7) is 5.47. The topological polar surface area (TPSA) is 29.9 Å². The summed E-state index contributed by atoms with van der Waals surface area (Å²) >= 11 is 6.26. The Labute approximate surface area is 122 Å². The lowest BCUT2D eigenvalue weighted by Crippen LogP contribution is -2.24. The van der Waals surface area contributed by atoms with Gasteiger partial charge in [0, 0.05) is 7.05 Å². The van der Waals surface area contributed by atoms with E-state index in [9.17, 15) is 0 Å². The Hall–Kier alpha value is -0.540. The van der Waals surface area contributed by atoms with Crippen LogP contribution in [0.4, 0.5) is 0 Å². The van der Waals surface area contributed by atoms with E-state index in [1.165, 1.54) is 32.1 Å². The minimum atomic E-state index is 0.335. The van der Waals surface area contributed by atoms with Crippen molar-refractivity contribution < 1.29 is 0 Å². The van der Waals surface area contributed by atoms with E-state index in [1.807, 2.05) is 11.7 Å². The van der Waals surface area contributed by atoms with Crippen LogP contribution in [0.2, 0.25) is 5.02 Å². The lowest BCUT2D eigenvalue weighted by atomic mass is 10.0. The molecule has 1 aromatic rings. The van der Waals surface area contributed by atoms with Crippen molar-refractivity contribution in [2.24, 2.45) is 7.05 Å². The Balaban J connectivity index is 2.52. The molecule has 1 atom stereocenters. The van der Waals surface area contributed by atoms with Crippen LogP contribution in [0, 0.1) is 0 Å². The lowest BCUT2D eigenvalue weighted by molar-refractivity contribution is 0.444. The van der Waals surface area contributed by atoms with Crippen LogP contribution >= 0.6 is 11.6 Å². The number of hydrogen-bond acceptors (Lipinski definition) is 2. The average Bonchev–Trinajstić information content (AvgIpc) is 2.73. The van der Waals surface area contributed by atoms with Crippen LogP contribution in [-0.4, -0.2) is 16.3 Å². The zero-order valence-electron chi connectivity index (χ0n) is 12.6. The van der Waals surface area contributed by atoms with Crippen LogP contribution in [0.3, 0.4) is 0 Å². The third kappa shape index (κ3) is 5.53. The zero-order chi connectivity index (χ0) is 14.1. The highest BCUT2D eigenvalue weighted by Gasteiger charge is 2.17. The van der Waals surface area contributed by atoms with E-state index in [1.54, 1.807) is 6.20 Å². The highest BCUT2D eigenvalue weighted by molar-refractivity contribution is 6.31. The van der Waals surface area contributed by atoms with Gasteiger partial charge < -0.3 is 5.32 Å². The maximum Gasteiger partial charge on any atom is 0.0833 e. The Morgan fingerprint density at radius 3 is 2.53 bits per heavy atom. The molecule has 3 nitrogen and oxygen atoms in total. The molecule has 1 aromatic heterocycles. The first-order chi connectivity index (χ1) is 9.20. The first-order valence-electron chi connectivity index (χ1n) is 7.61. The summed E-state index contributed by atoms with van der Waals surface area (Å²) in [5, 5.41) is 8.63. The number of aromatic nitrogens is 2. The van der Waals surface area contributed by atoms with Gasteiger partial charge in [0.05, 0.1) is 23.0 Å². The van der Waals surface area contributed by atoms with Crippen LogP contribution in [-0.2, 0) is 7.05 Å². The predicted molar refractivity (Wildman–Crippen MR) is 82.6 cm³/mol. The minimum Gasteiger partial charge on any atom is -0.309 e. The highest BCUT2D eigenvalue weighted by Crippen LogP contribution is 2.26. The smallest absolute Gasteiger partial charge is 0.0833 e. The number of nitrogens with zero attached hydrogens (tertiary/aromatic N) is 2. The molecule has 0 amide bonds. The summed E-state index contributed by atoms with van der Waals surface area (Å²) in [6.07, 6.45) is 10.6. The van der Waals surface area contributed by atoms with Gasteiger partial charge in [-0.25, -0.2) is 0 Å². The molecule has 0 aliphatic carbocycles. The number of nitrogens with one attached hydrogen (secondary N) is 1. The Morgan fingerprint density at radius 2 is 1.95 bits per heavy atom. The third-order valence-electron chi connectivity index (χ3n) is 3.50. The van der Waals surface area contributed by atoms with Crippen molar-refractivity contribution >= 4 is 11.6 Å². The third-order valence-corrected chi connectivity index (χ3v) is 3.80. The van der Waals surface area contributed by atoms with E-state index in [2.05, 4.69) is 24.3 Å². The normalized spacial score (nSPS) is 12.8. The first-order valence-corrected chi connectivity index (χ1v) is 7.99. The molecule has 0 saturated heterocycles. The Kier molecular flexibility index (Phi) is 8.15. The molecule has 0 radical (unpaired) electrons. The second-order valence-electron chi connectivity index (χ2n) is 5.21. The van der Waals surface area contributed by atoms with Crippen molar-refractivity contribution in [1.82, 2.24) is 15.1 Å². The molecule has 1 rings (SSSR count). The van der Waals surface area contributed by atoms with E-state index in [4.69, 9.17) is 11.6 Å². The monoisotopic (exact) mass is 285 g/mol. The van der Waals surface area contributed by atoms with Crippen LogP contribution in [0.1, 0.15) is 70.5 Å². The lowest BCUT2D eigenvalue weighted by Gasteiger charge is -2.19. The molecule has 0 aliphatic heterocycles. The van der Waals surface area contributed by atoms with Crippen molar-refractivity contribution in [3.05, 3.63) is 16.9 Å². The van der Waals surface area contributed by atoms with Crippen molar-refractivity contribution in [2.75, 3.05) is 6.54 Å². The predicted octanol–water partition coefficient (Wildman–Crippen LogP) is 4.47. The quantitative estimate of drug-likeness (QED) is 0.643. The fourth-order valence-electron chi connectivity index (χ4n) is 2.42. The summed E-state index contributed by atoms with van der Waals surface area (Å²) in [5.74, 6) is 0. The van der Waals surface area contributed by atoms with Crippen LogP contribution < -0.4 is 5.32 Å². The molecule has 0 bridgehead atoms. The van der Waals surface area contributed by atoms with Crippen LogP contribution in [0.15, 0.2) is 6.20 Å². The number of rotatable bonds is 10. The average molecular weight is 286 g/mol. The summed E-state index contributed by atoms with van der Waals surface area (Å²) in [6, 6.07) is 0.335. The fourth-order valence-corrected chi connectivity index (χ4v) is 2.72. The zero-order valence-corrected chi connectivity index (χ0v) is 13.3. The molecule has 1 heterocycles. The number of unbranched alkanes of at least 4 members (excludes halogenated alkanes) is 4. The second kappa shape index (κ2) is 9.38. The standard InChI is InChI=1S/C15H28ClN3/c1-4-6-7-8-9-10-14(17-11-5-2)15-13(16)12-18-19(15)3/h12,14,17H,4-11H2,1-3H3. The van der Waals surface area contributed by atoms with Gasteiger partial charge >= 0.3 is 0 Å². The molecule has 0 spiro atoms. The Bertz CT molecular complexity index is 330. The molecule has 0 aliphatic rings. The molecule has 0 fully saturated rings. The van der Waals surface area contributed by atoms with Crippen LogP contribution in [0.5, 0.6) is 0 Å². The number of hydrogen-bond donors (Lipinski definition) is 1. The fraction of sp³-hybridized carbons (Fsp3) is 0.800. The maximum absolute atomic E-state index is 6.26. The van der Waals surface area contributed by atoms with Crippen LogP contribution in [0.25, 0.3) is 0 Å². The van der Waals surface area contributed by atoms with Crippen molar-refractivity contribution in [2.45, 2.75) is 64.8 Å². The largest absolute Gasteiger partial charge is 0.309 e. The van der Waals surface area contributed by atoms with Gasteiger partial charge in [0.25, 0.3) is 0 Å². The molecule has 19 heavy (non-hydrogen) atoms. The van der Waals surface area contributed by atoms with Crippen molar-refractivity contribution in [1.29, 1.82) is 0 Å². The van der Waals surface area contributed by atoms with E-state index in [-0.39, 0.29) is 0 Å². The molecular formula is C15H28ClN3. The van der Waals surface area contributed by atoms with Gasteiger partial charge in [0.15, 0.2) is 0 Å². The van der Waals surface area contributed by atoms with Gasteiger partial charge in [0.2, 0.25) is 0 Å². The minimum absolute atomic E-state index is 0.335. The summed E-state index contributed by atoms with van der Waals surface area (Å²) in [4.78, 5) is 0. The van der Waals surface area contributed by atoms with E-state index >= 15 is 0 Å². The van der Waals surface area contributed by atoms with E-state index < -0.39 is 0 Å². The first kappa shape index (κ1) is 16.5. The second-order valence-corrected chi connectivity index (χ2v) is 5.62. The molecule has 0 saturated carbocycles. The van der Waals surface area contributed by atoms with Gasteiger partial charge in [-0.15, -0.1) is 0 Å². The molecular weight excluding hydrogens is 258 g/mol. The Morgan fingerprint density at radius 1 is 1.21 bits per heavy atom. The van der Waals surface area contributed by atoms with E-state index in [0.29, 0.717) is 6.04 Å². The van der Waals surface area contributed by atoms with Gasteiger partial charge in [-0.3, -0.25) is 4.68 Å². The maximum atomic E-state index is 6.26. The SMILES string of the molecule is CCCCCCCC(NCCC)c1c(Cl)cnn1C. The summed E-state index contributed by atoms with van der Waals surface area (Å²) in [5.41, 5.74) is 1.13. The molecule has 4 heteroatoms. The molecule has 0 aromatic carbocycles. The van der Waals surface area contributed by atoms with Crippen molar-refractivity contribution in [3.8, 4) is 0 Å².